The molecule has 0 aliphatic carbocycles. The number of ketones is 1. The van der Waals surface area contributed by atoms with Gasteiger partial charge in [0.25, 0.3) is 0 Å². The van der Waals surface area contributed by atoms with Gasteiger partial charge < -0.3 is 9.80 Å². The Labute approximate surface area is 183 Å². The summed E-state index contributed by atoms with van der Waals surface area (Å²) in [5.41, 5.74) is 1.30. The summed E-state index contributed by atoms with van der Waals surface area (Å²) in [7, 11) is -3.59. The highest BCUT2D eigenvalue weighted by atomic mass is 79.9. The monoisotopic (exact) mass is 496 g/mol. The van der Waals surface area contributed by atoms with Crippen molar-refractivity contribution >= 4 is 43.1 Å². The van der Waals surface area contributed by atoms with Gasteiger partial charge in [0.1, 0.15) is 11.6 Å². The molecule has 1 aliphatic heterocycles. The van der Waals surface area contributed by atoms with Crippen molar-refractivity contribution in [3.8, 4) is 0 Å². The third-order valence-corrected chi connectivity index (χ3v) is 6.96. The molecule has 9 heteroatoms. The Morgan fingerprint density at radius 3 is 2.23 bits per heavy atom. The van der Waals surface area contributed by atoms with Crippen LogP contribution in [-0.2, 0) is 20.4 Å². The third-order valence-electron chi connectivity index (χ3n) is 4.97. The van der Waals surface area contributed by atoms with Crippen molar-refractivity contribution in [1.82, 2.24) is 4.90 Å². The number of rotatable bonds is 6. The minimum Gasteiger partial charge on any atom is -0.366 e. The molecule has 0 aromatic heterocycles. The van der Waals surface area contributed by atoms with Gasteiger partial charge in [0.2, 0.25) is 5.91 Å². The van der Waals surface area contributed by atoms with E-state index in [-0.39, 0.29) is 11.5 Å². The Hall–Kier alpha value is -2.26. The van der Waals surface area contributed by atoms with Crippen LogP contribution in [0.5, 0.6) is 0 Å². The average molecular weight is 497 g/mol. The van der Waals surface area contributed by atoms with Crippen LogP contribution in [0.4, 0.5) is 10.1 Å². The number of sulfone groups is 1. The fourth-order valence-electron chi connectivity index (χ4n) is 3.34. The van der Waals surface area contributed by atoms with Gasteiger partial charge in [0.05, 0.1) is 11.4 Å². The number of anilines is 1. The lowest BCUT2D eigenvalue weighted by atomic mass is 10.1. The van der Waals surface area contributed by atoms with Gasteiger partial charge in [-0.1, -0.05) is 28.1 Å². The molecule has 1 amide bonds. The van der Waals surface area contributed by atoms with Gasteiger partial charge in [-0.2, -0.15) is 0 Å². The van der Waals surface area contributed by atoms with Crippen molar-refractivity contribution < 1.29 is 22.4 Å². The van der Waals surface area contributed by atoms with E-state index in [2.05, 4.69) is 15.9 Å². The Balaban J connectivity index is 1.57. The summed E-state index contributed by atoms with van der Waals surface area (Å²) in [4.78, 5) is 27.2. The average Bonchev–Trinajstić information content (AvgIpc) is 2.69. The first-order valence-corrected chi connectivity index (χ1v) is 12.0. The predicted molar refractivity (Wildman–Crippen MR) is 117 cm³/mol. The third kappa shape index (κ3) is 5.66. The summed E-state index contributed by atoms with van der Waals surface area (Å²) in [6.07, 6.45) is 0. The Morgan fingerprint density at radius 1 is 1.03 bits per heavy atom. The second-order valence-electron chi connectivity index (χ2n) is 7.25. The minimum absolute atomic E-state index is 0.195. The van der Waals surface area contributed by atoms with Gasteiger partial charge in [-0.05, 0) is 42.8 Å². The number of Topliss-reactive ketones (excluding diaryl/α,β-unsaturated/α-hetero) is 1. The number of halogens is 2. The van der Waals surface area contributed by atoms with Crippen LogP contribution >= 0.6 is 15.9 Å². The van der Waals surface area contributed by atoms with Crippen LogP contribution in [0.25, 0.3) is 0 Å². The SMILES string of the molecule is CC(=O)c1ccc(N2CCN(C(=O)CS(=O)(=O)Cc3ccc(Br)cc3)CC2)c(F)c1. The quantitative estimate of drug-likeness (QED) is 0.574. The molecule has 0 N–H and O–H groups in total. The van der Waals surface area contributed by atoms with Crippen molar-refractivity contribution in [3.63, 3.8) is 0 Å². The molecule has 6 nitrogen and oxygen atoms in total. The van der Waals surface area contributed by atoms with E-state index in [4.69, 9.17) is 0 Å². The molecule has 2 aromatic carbocycles. The zero-order valence-corrected chi connectivity index (χ0v) is 18.9. The zero-order valence-electron chi connectivity index (χ0n) is 16.5. The number of carbonyl (C=O) groups is 2. The molecule has 1 fully saturated rings. The van der Waals surface area contributed by atoms with Gasteiger partial charge in [0.15, 0.2) is 15.6 Å². The van der Waals surface area contributed by atoms with E-state index in [0.29, 0.717) is 43.0 Å². The van der Waals surface area contributed by atoms with Crippen LogP contribution in [-0.4, -0.2) is 56.9 Å². The van der Waals surface area contributed by atoms with Crippen LogP contribution < -0.4 is 4.90 Å². The highest BCUT2D eigenvalue weighted by Gasteiger charge is 2.26. The number of benzene rings is 2. The van der Waals surface area contributed by atoms with Crippen molar-refractivity contribution in [3.05, 3.63) is 63.9 Å². The van der Waals surface area contributed by atoms with Crippen LogP contribution in [0, 0.1) is 5.82 Å². The molecule has 30 heavy (non-hydrogen) atoms. The highest BCUT2D eigenvalue weighted by molar-refractivity contribution is 9.10. The number of hydrogen-bond donors (Lipinski definition) is 0. The first kappa shape index (κ1) is 22.4. The Bertz CT molecular complexity index is 1050. The van der Waals surface area contributed by atoms with E-state index >= 15 is 0 Å². The van der Waals surface area contributed by atoms with E-state index < -0.39 is 27.3 Å². The Morgan fingerprint density at radius 2 is 1.67 bits per heavy atom. The van der Waals surface area contributed by atoms with Gasteiger partial charge in [-0.15, -0.1) is 0 Å². The molecule has 0 bridgehead atoms. The van der Waals surface area contributed by atoms with Crippen molar-refractivity contribution in [1.29, 1.82) is 0 Å². The molecule has 2 aromatic rings. The molecule has 1 heterocycles. The van der Waals surface area contributed by atoms with Gasteiger partial charge >= 0.3 is 0 Å². The molecular formula is C21H22BrFN2O4S. The summed E-state index contributed by atoms with van der Waals surface area (Å²) in [5, 5.41) is 0. The number of amides is 1. The molecule has 3 rings (SSSR count). The van der Waals surface area contributed by atoms with Gasteiger partial charge in [-0.3, -0.25) is 9.59 Å². The van der Waals surface area contributed by atoms with E-state index in [0.717, 1.165) is 4.47 Å². The molecule has 1 saturated heterocycles. The standard InChI is InChI=1S/C21H22BrFN2O4S/c1-15(26)17-4-7-20(19(23)12-17)24-8-10-25(11-9-24)21(27)14-30(28,29)13-16-2-5-18(22)6-3-16/h2-7,12H,8-11,13-14H2,1H3. The van der Waals surface area contributed by atoms with Crippen molar-refractivity contribution in [2.75, 3.05) is 36.8 Å². The summed E-state index contributed by atoms with van der Waals surface area (Å²) >= 11 is 3.30. The largest absolute Gasteiger partial charge is 0.366 e. The van der Waals surface area contributed by atoms with Crippen LogP contribution in [0.15, 0.2) is 46.9 Å². The lowest BCUT2D eigenvalue weighted by molar-refractivity contribution is -0.128. The van der Waals surface area contributed by atoms with E-state index in [1.54, 1.807) is 41.3 Å². The minimum atomic E-state index is -3.59. The van der Waals surface area contributed by atoms with Crippen LogP contribution in [0.2, 0.25) is 0 Å². The lowest BCUT2D eigenvalue weighted by Gasteiger charge is -2.36. The molecule has 0 radical (unpaired) electrons. The zero-order chi connectivity index (χ0) is 21.9. The van der Waals surface area contributed by atoms with E-state index in [1.165, 1.54) is 17.9 Å². The van der Waals surface area contributed by atoms with E-state index in [9.17, 15) is 22.4 Å². The molecule has 0 saturated carbocycles. The summed E-state index contributed by atoms with van der Waals surface area (Å²) in [6.45, 7) is 2.76. The van der Waals surface area contributed by atoms with E-state index in [1.807, 2.05) is 0 Å². The lowest BCUT2D eigenvalue weighted by Crippen LogP contribution is -2.50. The molecular weight excluding hydrogens is 475 g/mol. The van der Waals surface area contributed by atoms with Gasteiger partial charge in [0, 0.05) is 36.2 Å². The maximum absolute atomic E-state index is 14.3. The first-order chi connectivity index (χ1) is 14.1. The summed E-state index contributed by atoms with van der Waals surface area (Å²) in [5.74, 6) is -1.89. The molecule has 0 spiro atoms. The Kier molecular flexibility index (Phi) is 6.92. The van der Waals surface area contributed by atoms with Crippen molar-refractivity contribution in [2.24, 2.45) is 0 Å². The molecule has 1 aliphatic rings. The maximum atomic E-state index is 14.3. The smallest absolute Gasteiger partial charge is 0.237 e. The normalized spacial score (nSPS) is 14.6. The van der Waals surface area contributed by atoms with Crippen LogP contribution in [0.3, 0.4) is 0 Å². The number of hydrogen-bond acceptors (Lipinski definition) is 5. The second-order valence-corrected chi connectivity index (χ2v) is 10.2. The predicted octanol–water partition coefficient (Wildman–Crippen LogP) is 3.05. The molecule has 160 valence electrons. The fourth-order valence-corrected chi connectivity index (χ4v) is 4.97. The van der Waals surface area contributed by atoms with Crippen LogP contribution in [0.1, 0.15) is 22.8 Å². The highest BCUT2D eigenvalue weighted by Crippen LogP contribution is 2.22. The first-order valence-electron chi connectivity index (χ1n) is 9.43. The topological polar surface area (TPSA) is 74.8 Å². The van der Waals surface area contributed by atoms with Gasteiger partial charge in [-0.25, -0.2) is 12.8 Å². The summed E-state index contributed by atoms with van der Waals surface area (Å²) < 4.78 is 40.0. The molecule has 0 atom stereocenters. The molecule has 0 unspecified atom stereocenters. The number of piperazine rings is 1. The number of carbonyl (C=O) groups excluding carboxylic acids is 2. The second kappa shape index (κ2) is 9.26. The van der Waals surface area contributed by atoms with Crippen molar-refractivity contribution in [2.45, 2.75) is 12.7 Å². The maximum Gasteiger partial charge on any atom is 0.237 e. The fraction of sp³-hybridized carbons (Fsp3) is 0.333. The number of nitrogens with zero attached hydrogens (tertiary/aromatic N) is 2. The summed E-state index contributed by atoms with van der Waals surface area (Å²) in [6, 6.07) is 11.3.